The Labute approximate surface area is 180 Å². The van der Waals surface area contributed by atoms with Crippen molar-refractivity contribution in [3.8, 4) is 16.8 Å². The molecular formula is C21H20ClIN4. The quantitative estimate of drug-likeness (QED) is 0.350. The van der Waals surface area contributed by atoms with Gasteiger partial charge in [-0.25, -0.2) is 9.13 Å². The number of nitrogens with two attached hydrogens (primary N) is 1. The average molecular weight is 491 g/mol. The molecule has 4 nitrogen and oxygen atoms in total. The van der Waals surface area contributed by atoms with E-state index < -0.39 is 0 Å². The minimum Gasteiger partial charge on any atom is -1.00 e. The van der Waals surface area contributed by atoms with Gasteiger partial charge in [0.25, 0.3) is 0 Å². The number of hydrogen-bond acceptors (Lipinski definition) is 2. The maximum absolute atomic E-state index is 6.30. The fourth-order valence-corrected chi connectivity index (χ4v) is 3.39. The molecule has 0 aliphatic heterocycles. The van der Waals surface area contributed by atoms with Crippen molar-refractivity contribution in [2.75, 3.05) is 5.73 Å². The number of aryl methyl sites for hydroxylation is 2. The van der Waals surface area contributed by atoms with Crippen LogP contribution in [0, 0.1) is 6.92 Å². The molecule has 0 aliphatic rings. The molecule has 0 atom stereocenters. The second-order valence-electron chi connectivity index (χ2n) is 6.37. The number of anilines is 1. The van der Waals surface area contributed by atoms with Crippen LogP contribution in [0.2, 0.25) is 5.02 Å². The number of fused-ring (bicyclic) bond motifs is 1. The summed E-state index contributed by atoms with van der Waals surface area (Å²) in [5, 5.41) is 1.67. The normalized spacial score (nSPS) is 10.8. The second-order valence-corrected chi connectivity index (χ2v) is 6.81. The van der Waals surface area contributed by atoms with Crippen LogP contribution >= 0.6 is 11.6 Å². The van der Waals surface area contributed by atoms with Gasteiger partial charge in [0, 0.05) is 10.6 Å². The Kier molecular flexibility index (Phi) is 5.72. The predicted molar refractivity (Wildman–Crippen MR) is 107 cm³/mol. The van der Waals surface area contributed by atoms with Gasteiger partial charge in [0.1, 0.15) is 11.1 Å². The van der Waals surface area contributed by atoms with E-state index in [1.165, 1.54) is 5.56 Å². The average Bonchev–Trinajstić information content (AvgIpc) is 3.05. The Hall–Kier alpha value is -2.12. The van der Waals surface area contributed by atoms with Crippen LogP contribution < -0.4 is 34.3 Å². The van der Waals surface area contributed by atoms with Gasteiger partial charge in [-0.1, -0.05) is 46.4 Å². The van der Waals surface area contributed by atoms with Crippen molar-refractivity contribution in [2.45, 2.75) is 20.4 Å². The zero-order chi connectivity index (χ0) is 18.3. The molecule has 4 rings (SSSR count). The van der Waals surface area contributed by atoms with Gasteiger partial charge in [0.05, 0.1) is 12.7 Å². The summed E-state index contributed by atoms with van der Waals surface area (Å²) >= 11 is 6.07. The molecule has 0 radical (unpaired) electrons. The van der Waals surface area contributed by atoms with Crippen LogP contribution in [0.25, 0.3) is 27.8 Å². The summed E-state index contributed by atoms with van der Waals surface area (Å²) in [7, 11) is 0. The van der Waals surface area contributed by atoms with E-state index in [4.69, 9.17) is 17.3 Å². The van der Waals surface area contributed by atoms with Gasteiger partial charge in [-0.15, -0.1) is 0 Å². The Morgan fingerprint density at radius 2 is 1.74 bits per heavy atom. The fraction of sp³-hybridized carbons (Fsp3) is 0.143. The summed E-state index contributed by atoms with van der Waals surface area (Å²) in [6.07, 6.45) is 3.93. The lowest BCUT2D eigenvalue weighted by molar-refractivity contribution is -0.672. The van der Waals surface area contributed by atoms with Crippen LogP contribution in [-0.4, -0.2) is 9.55 Å². The van der Waals surface area contributed by atoms with Gasteiger partial charge in [0.2, 0.25) is 17.8 Å². The van der Waals surface area contributed by atoms with Crippen molar-refractivity contribution in [3.63, 3.8) is 0 Å². The van der Waals surface area contributed by atoms with Gasteiger partial charge in [0.15, 0.2) is 0 Å². The zero-order valence-corrected chi connectivity index (χ0v) is 18.1. The summed E-state index contributed by atoms with van der Waals surface area (Å²) < 4.78 is 4.30. The summed E-state index contributed by atoms with van der Waals surface area (Å²) in [6, 6.07) is 16.3. The van der Waals surface area contributed by atoms with Gasteiger partial charge in [-0.2, -0.15) is 0 Å². The third-order valence-electron chi connectivity index (χ3n) is 4.65. The number of hydrogen-bond donors (Lipinski definition) is 1. The fourth-order valence-electron chi connectivity index (χ4n) is 3.26. The third-order valence-corrected chi connectivity index (χ3v) is 4.90. The molecule has 0 saturated carbocycles. The van der Waals surface area contributed by atoms with Gasteiger partial charge < -0.3 is 29.7 Å². The molecule has 2 N–H and O–H groups in total. The summed E-state index contributed by atoms with van der Waals surface area (Å²) in [5.74, 6) is 0.528. The Bertz CT molecular complexity index is 1090. The monoisotopic (exact) mass is 490 g/mol. The van der Waals surface area contributed by atoms with E-state index in [1.807, 2.05) is 24.3 Å². The molecule has 0 bridgehead atoms. The van der Waals surface area contributed by atoms with Crippen molar-refractivity contribution >= 4 is 28.5 Å². The molecule has 0 amide bonds. The highest BCUT2D eigenvalue weighted by Gasteiger charge is 2.23. The molecule has 2 aromatic carbocycles. The highest BCUT2D eigenvalue weighted by molar-refractivity contribution is 6.30. The molecule has 4 aromatic rings. The molecule has 0 saturated heterocycles. The van der Waals surface area contributed by atoms with Gasteiger partial charge in [-0.05, 0) is 43.7 Å². The van der Waals surface area contributed by atoms with Crippen molar-refractivity contribution in [2.24, 2.45) is 0 Å². The number of aromatic nitrogens is 3. The predicted octanol–water partition coefficient (Wildman–Crippen LogP) is 1.55. The molecule has 2 heterocycles. The Balaban J connectivity index is 0.00000210. The van der Waals surface area contributed by atoms with Crippen molar-refractivity contribution in [1.29, 1.82) is 0 Å². The molecule has 138 valence electrons. The van der Waals surface area contributed by atoms with Gasteiger partial charge >= 0.3 is 0 Å². The lowest BCUT2D eigenvalue weighted by Crippen LogP contribution is -3.00. The Morgan fingerprint density at radius 1 is 1.07 bits per heavy atom. The smallest absolute Gasteiger partial charge is 0.246 e. The van der Waals surface area contributed by atoms with Crippen molar-refractivity contribution < 1.29 is 28.5 Å². The molecule has 27 heavy (non-hydrogen) atoms. The third kappa shape index (κ3) is 3.53. The van der Waals surface area contributed by atoms with E-state index in [9.17, 15) is 0 Å². The number of rotatable bonds is 3. The van der Waals surface area contributed by atoms with Crippen molar-refractivity contribution in [3.05, 3.63) is 71.6 Å². The molecule has 0 spiro atoms. The summed E-state index contributed by atoms with van der Waals surface area (Å²) in [6.45, 7) is 5.00. The van der Waals surface area contributed by atoms with E-state index in [0.29, 0.717) is 10.8 Å². The van der Waals surface area contributed by atoms with Crippen LogP contribution in [0.5, 0.6) is 0 Å². The summed E-state index contributed by atoms with van der Waals surface area (Å²) in [5.41, 5.74) is 11.8. The SMILES string of the molecule is CC[n+]1cnc(N)c2c(-c3ccc(Cl)cc3)cn(-c3ccc(C)cc3)c21.[I-]. The molecule has 6 heteroatoms. The topological polar surface area (TPSA) is 47.7 Å². The van der Waals surface area contributed by atoms with Crippen LogP contribution in [0.4, 0.5) is 5.82 Å². The zero-order valence-electron chi connectivity index (χ0n) is 15.2. The van der Waals surface area contributed by atoms with Crippen LogP contribution in [-0.2, 0) is 6.54 Å². The first-order valence-corrected chi connectivity index (χ1v) is 8.98. The number of halogens is 2. The standard InChI is InChI=1S/C21H19ClN4.HI/c1-3-25-13-24-20(23)19-18(15-6-8-16(22)9-7-15)12-26(21(19)25)17-10-4-14(2)5-11-17;/h4-13,23H,3H2,1-2H3;1H. The highest BCUT2D eigenvalue weighted by Crippen LogP contribution is 2.34. The van der Waals surface area contributed by atoms with Crippen LogP contribution in [0.1, 0.15) is 12.5 Å². The van der Waals surface area contributed by atoms with Crippen LogP contribution in [0.3, 0.4) is 0 Å². The largest absolute Gasteiger partial charge is 1.00 e. The van der Waals surface area contributed by atoms with E-state index in [-0.39, 0.29) is 24.0 Å². The Morgan fingerprint density at radius 3 is 2.37 bits per heavy atom. The van der Waals surface area contributed by atoms with E-state index in [0.717, 1.165) is 34.4 Å². The lowest BCUT2D eigenvalue weighted by Gasteiger charge is -2.05. The lowest BCUT2D eigenvalue weighted by atomic mass is 10.1. The summed E-state index contributed by atoms with van der Waals surface area (Å²) in [4.78, 5) is 4.40. The van der Waals surface area contributed by atoms with Gasteiger partial charge in [-0.3, -0.25) is 0 Å². The first-order chi connectivity index (χ1) is 12.6. The van der Waals surface area contributed by atoms with E-state index in [2.05, 4.69) is 58.4 Å². The number of nitrogens with zero attached hydrogens (tertiary/aromatic N) is 3. The number of benzene rings is 2. The molecule has 0 fully saturated rings. The van der Waals surface area contributed by atoms with Crippen LogP contribution in [0.15, 0.2) is 61.1 Å². The van der Waals surface area contributed by atoms with E-state index in [1.54, 1.807) is 6.33 Å². The maximum Gasteiger partial charge on any atom is 0.246 e. The minimum absolute atomic E-state index is 0. The molecule has 0 aliphatic carbocycles. The second kappa shape index (κ2) is 7.86. The first-order valence-electron chi connectivity index (χ1n) is 8.60. The maximum atomic E-state index is 6.30. The minimum atomic E-state index is 0. The molecule has 0 unspecified atom stereocenters. The highest BCUT2D eigenvalue weighted by atomic mass is 127. The molecular weight excluding hydrogens is 471 g/mol. The number of nitrogen functional groups attached to an aromatic ring is 1. The van der Waals surface area contributed by atoms with E-state index >= 15 is 0 Å². The molecule has 2 aromatic heterocycles. The first kappa shape index (κ1) is 19.6. The van der Waals surface area contributed by atoms with Crippen molar-refractivity contribution in [1.82, 2.24) is 9.55 Å².